The Balaban J connectivity index is 2.27. The van der Waals surface area contributed by atoms with Crippen LogP contribution in [0.4, 0.5) is 0 Å². The largest absolute Gasteiger partial charge is 0.327 e. The molecule has 90 valence electrons. The van der Waals surface area contributed by atoms with E-state index in [2.05, 4.69) is 55.6 Å². The number of hydrogen-bond donors (Lipinski definition) is 1. The average molecular weight is 263 g/mol. The Morgan fingerprint density at radius 2 is 1.94 bits per heavy atom. The first kappa shape index (κ1) is 12.7. The summed E-state index contributed by atoms with van der Waals surface area (Å²) in [7, 11) is 0. The molecule has 3 heteroatoms. The Hall–Kier alpha value is -0.770. The quantitative estimate of drug-likeness (QED) is 0.835. The summed E-state index contributed by atoms with van der Waals surface area (Å²) in [6.07, 6.45) is 0. The number of aryl methyl sites for hydroxylation is 1. The molecule has 1 aromatic carbocycles. The van der Waals surface area contributed by atoms with Crippen molar-refractivity contribution in [3.05, 3.63) is 52.9 Å². The Morgan fingerprint density at radius 3 is 2.53 bits per heavy atom. The summed E-state index contributed by atoms with van der Waals surface area (Å²) in [6.45, 7) is 4.23. The first-order valence-corrected chi connectivity index (χ1v) is 7.45. The maximum absolute atomic E-state index is 6.14. The molecule has 1 nitrogen and oxygen atoms in total. The summed E-state index contributed by atoms with van der Waals surface area (Å²) in [6, 6.07) is 12.9. The maximum atomic E-state index is 6.14. The third-order valence-corrected chi connectivity index (χ3v) is 5.26. The lowest BCUT2D eigenvalue weighted by Crippen LogP contribution is -2.23. The highest BCUT2D eigenvalue weighted by molar-refractivity contribution is 8.01. The van der Waals surface area contributed by atoms with Gasteiger partial charge in [0.15, 0.2) is 0 Å². The van der Waals surface area contributed by atoms with Crippen molar-refractivity contribution in [3.8, 4) is 0 Å². The zero-order valence-electron chi connectivity index (χ0n) is 10.1. The van der Waals surface area contributed by atoms with Gasteiger partial charge in [0.05, 0.1) is 9.46 Å². The zero-order valence-corrected chi connectivity index (χ0v) is 11.7. The Labute approximate surface area is 111 Å². The van der Waals surface area contributed by atoms with Crippen molar-refractivity contribution in [3.63, 3.8) is 0 Å². The van der Waals surface area contributed by atoms with Gasteiger partial charge in [-0.05, 0) is 36.4 Å². The summed E-state index contributed by atoms with van der Waals surface area (Å²) in [4.78, 5) is 0. The molecule has 0 bridgehead atoms. The van der Waals surface area contributed by atoms with E-state index in [0.717, 1.165) is 0 Å². The molecule has 1 heterocycles. The third kappa shape index (κ3) is 3.12. The fourth-order valence-corrected chi connectivity index (χ4v) is 3.98. The fraction of sp³-hybridized carbons (Fsp3) is 0.286. The van der Waals surface area contributed by atoms with Gasteiger partial charge in [0.25, 0.3) is 0 Å². The van der Waals surface area contributed by atoms with Crippen molar-refractivity contribution in [2.24, 2.45) is 5.73 Å². The van der Waals surface area contributed by atoms with Crippen LogP contribution in [0.3, 0.4) is 0 Å². The molecular weight excluding hydrogens is 246 g/mol. The predicted molar refractivity (Wildman–Crippen MR) is 77.7 cm³/mol. The van der Waals surface area contributed by atoms with Gasteiger partial charge in [-0.2, -0.15) is 0 Å². The molecule has 2 unspecified atom stereocenters. The van der Waals surface area contributed by atoms with Crippen LogP contribution >= 0.6 is 23.1 Å². The molecule has 2 N–H and O–H groups in total. The van der Waals surface area contributed by atoms with Crippen molar-refractivity contribution >= 4 is 23.1 Å². The molecule has 17 heavy (non-hydrogen) atoms. The monoisotopic (exact) mass is 263 g/mol. The van der Waals surface area contributed by atoms with E-state index in [-0.39, 0.29) is 6.04 Å². The van der Waals surface area contributed by atoms with Crippen LogP contribution in [-0.2, 0) is 0 Å². The van der Waals surface area contributed by atoms with Crippen LogP contribution in [0.5, 0.6) is 0 Å². The van der Waals surface area contributed by atoms with E-state index in [4.69, 9.17) is 5.73 Å². The summed E-state index contributed by atoms with van der Waals surface area (Å²) in [5.41, 5.74) is 8.80. The van der Waals surface area contributed by atoms with Crippen LogP contribution in [0.2, 0.25) is 0 Å². The summed E-state index contributed by atoms with van der Waals surface area (Å²) < 4.78 is 1.33. The van der Waals surface area contributed by atoms with Crippen molar-refractivity contribution < 1.29 is 0 Å². The molecule has 0 amide bonds. The van der Waals surface area contributed by atoms with Gasteiger partial charge < -0.3 is 5.73 Å². The normalized spacial score (nSPS) is 14.5. The second-order valence-corrected chi connectivity index (χ2v) is 6.58. The van der Waals surface area contributed by atoms with E-state index >= 15 is 0 Å². The van der Waals surface area contributed by atoms with Crippen LogP contribution in [0.15, 0.2) is 46.0 Å². The van der Waals surface area contributed by atoms with Crippen molar-refractivity contribution in [1.29, 1.82) is 0 Å². The van der Waals surface area contributed by atoms with Gasteiger partial charge >= 0.3 is 0 Å². The summed E-state index contributed by atoms with van der Waals surface area (Å²) in [5, 5.41) is 2.44. The second-order valence-electron chi connectivity index (χ2n) is 4.19. The Kier molecular flexibility index (Phi) is 4.26. The van der Waals surface area contributed by atoms with Gasteiger partial charge in [0, 0.05) is 6.04 Å². The summed E-state index contributed by atoms with van der Waals surface area (Å²) in [5.74, 6) is 0. The number of benzene rings is 1. The molecular formula is C14H17NS2. The lowest BCUT2D eigenvalue weighted by molar-refractivity contribution is 0.718. The van der Waals surface area contributed by atoms with Crippen LogP contribution in [0, 0.1) is 6.92 Å². The molecule has 0 aliphatic rings. The van der Waals surface area contributed by atoms with Gasteiger partial charge in [-0.25, -0.2) is 0 Å². The Bertz CT molecular complexity index is 463. The zero-order chi connectivity index (χ0) is 12.3. The Morgan fingerprint density at radius 1 is 1.18 bits per heavy atom. The molecule has 0 aliphatic carbocycles. The minimum absolute atomic E-state index is 0.142. The number of thiophene rings is 1. The van der Waals surface area contributed by atoms with E-state index in [1.54, 1.807) is 11.3 Å². The van der Waals surface area contributed by atoms with Gasteiger partial charge in [-0.3, -0.25) is 0 Å². The SMILES string of the molecule is Cc1ccccc1C(Sc1cccs1)C(C)N. The summed E-state index contributed by atoms with van der Waals surface area (Å²) >= 11 is 3.64. The number of rotatable bonds is 4. The van der Waals surface area contributed by atoms with Crippen LogP contribution < -0.4 is 5.73 Å². The van der Waals surface area contributed by atoms with E-state index in [0.29, 0.717) is 5.25 Å². The van der Waals surface area contributed by atoms with E-state index in [1.807, 2.05) is 11.8 Å². The smallest absolute Gasteiger partial charge is 0.0605 e. The molecule has 0 aliphatic heterocycles. The third-order valence-electron chi connectivity index (χ3n) is 2.71. The first-order valence-electron chi connectivity index (χ1n) is 5.70. The average Bonchev–Trinajstić information content (AvgIpc) is 2.79. The van der Waals surface area contributed by atoms with Gasteiger partial charge in [0.2, 0.25) is 0 Å². The minimum atomic E-state index is 0.142. The number of thioether (sulfide) groups is 1. The van der Waals surface area contributed by atoms with Gasteiger partial charge in [-0.1, -0.05) is 30.3 Å². The maximum Gasteiger partial charge on any atom is 0.0605 e. The van der Waals surface area contributed by atoms with Gasteiger partial charge in [0.1, 0.15) is 0 Å². The van der Waals surface area contributed by atoms with Crippen LogP contribution in [0.25, 0.3) is 0 Å². The molecule has 0 radical (unpaired) electrons. The van der Waals surface area contributed by atoms with Crippen molar-refractivity contribution in [1.82, 2.24) is 0 Å². The van der Waals surface area contributed by atoms with Crippen LogP contribution in [-0.4, -0.2) is 6.04 Å². The molecule has 0 saturated heterocycles. The lowest BCUT2D eigenvalue weighted by atomic mass is 10.0. The highest BCUT2D eigenvalue weighted by Crippen LogP contribution is 2.40. The molecule has 2 rings (SSSR count). The van der Waals surface area contributed by atoms with E-state index < -0.39 is 0 Å². The number of nitrogens with two attached hydrogens (primary N) is 1. The van der Waals surface area contributed by atoms with Gasteiger partial charge in [-0.15, -0.1) is 23.1 Å². The lowest BCUT2D eigenvalue weighted by Gasteiger charge is -2.21. The highest BCUT2D eigenvalue weighted by Gasteiger charge is 2.19. The molecule has 0 spiro atoms. The molecule has 2 aromatic rings. The molecule has 0 saturated carbocycles. The van der Waals surface area contributed by atoms with Crippen LogP contribution in [0.1, 0.15) is 23.3 Å². The predicted octanol–water partition coefficient (Wildman–Crippen LogP) is 4.24. The standard InChI is InChI=1S/C14H17NS2/c1-10-6-3-4-7-12(10)14(11(2)15)17-13-8-5-9-16-13/h3-9,11,14H,15H2,1-2H3. The molecule has 0 fully saturated rings. The minimum Gasteiger partial charge on any atom is -0.327 e. The first-order chi connectivity index (χ1) is 8.18. The second kappa shape index (κ2) is 5.71. The molecule has 1 aromatic heterocycles. The fourth-order valence-electron chi connectivity index (χ4n) is 1.82. The topological polar surface area (TPSA) is 26.0 Å². The van der Waals surface area contributed by atoms with E-state index in [1.165, 1.54) is 15.3 Å². The molecule has 2 atom stereocenters. The van der Waals surface area contributed by atoms with E-state index in [9.17, 15) is 0 Å². The highest BCUT2D eigenvalue weighted by atomic mass is 32.2. The van der Waals surface area contributed by atoms with Crippen molar-refractivity contribution in [2.75, 3.05) is 0 Å². The number of hydrogen-bond acceptors (Lipinski definition) is 3. The van der Waals surface area contributed by atoms with Crippen molar-refractivity contribution in [2.45, 2.75) is 29.3 Å².